The molecule has 2 aromatic rings. The third-order valence-corrected chi connectivity index (χ3v) is 3.39. The van der Waals surface area contributed by atoms with Crippen molar-refractivity contribution in [3.63, 3.8) is 0 Å². The zero-order valence-electron chi connectivity index (χ0n) is 14.8. The summed E-state index contributed by atoms with van der Waals surface area (Å²) in [5, 5.41) is 5.59. The first-order valence-electron chi connectivity index (χ1n) is 8.23. The second-order valence-electron chi connectivity index (χ2n) is 5.19. The summed E-state index contributed by atoms with van der Waals surface area (Å²) in [5.74, 6) is 2.07. The molecular weight excluding hydrogens is 320 g/mol. The van der Waals surface area contributed by atoms with E-state index in [2.05, 4.69) is 10.6 Å². The molecule has 2 aromatic carbocycles. The first-order chi connectivity index (χ1) is 12.2. The summed E-state index contributed by atoms with van der Waals surface area (Å²) >= 11 is 0. The van der Waals surface area contributed by atoms with Crippen molar-refractivity contribution in [1.82, 2.24) is 5.32 Å². The fraction of sp³-hybridized carbons (Fsp3) is 0.316. The summed E-state index contributed by atoms with van der Waals surface area (Å²) < 4.78 is 16.3. The third kappa shape index (κ3) is 5.60. The van der Waals surface area contributed by atoms with Crippen LogP contribution in [0.1, 0.15) is 19.4 Å². The molecule has 2 rings (SSSR count). The van der Waals surface area contributed by atoms with Crippen LogP contribution in [-0.2, 0) is 6.54 Å². The molecule has 0 heterocycles. The van der Waals surface area contributed by atoms with Gasteiger partial charge in [0.15, 0.2) is 11.5 Å². The van der Waals surface area contributed by atoms with Gasteiger partial charge in [0.25, 0.3) is 0 Å². The van der Waals surface area contributed by atoms with Crippen LogP contribution in [0.3, 0.4) is 0 Å². The Morgan fingerprint density at radius 1 is 1.00 bits per heavy atom. The Balaban J connectivity index is 1.95. The Hall–Kier alpha value is -2.89. The fourth-order valence-electron chi connectivity index (χ4n) is 2.26. The van der Waals surface area contributed by atoms with E-state index in [0.29, 0.717) is 42.7 Å². The Kier molecular flexibility index (Phi) is 6.95. The largest absolute Gasteiger partial charge is 0.497 e. The number of rotatable bonds is 8. The zero-order chi connectivity index (χ0) is 18.1. The maximum atomic E-state index is 12.0. The monoisotopic (exact) mass is 344 g/mol. The molecule has 134 valence electrons. The average molecular weight is 344 g/mol. The Labute approximate surface area is 148 Å². The second-order valence-corrected chi connectivity index (χ2v) is 5.19. The van der Waals surface area contributed by atoms with Gasteiger partial charge in [-0.3, -0.25) is 0 Å². The van der Waals surface area contributed by atoms with Crippen molar-refractivity contribution in [2.45, 2.75) is 20.4 Å². The first kappa shape index (κ1) is 18.4. The van der Waals surface area contributed by atoms with Crippen molar-refractivity contribution in [2.24, 2.45) is 0 Å². The Morgan fingerprint density at radius 3 is 2.48 bits per heavy atom. The molecule has 0 bridgehead atoms. The summed E-state index contributed by atoms with van der Waals surface area (Å²) in [6.07, 6.45) is 0. The van der Waals surface area contributed by atoms with Crippen LogP contribution in [0.25, 0.3) is 0 Å². The van der Waals surface area contributed by atoms with Gasteiger partial charge in [0.05, 0.1) is 20.3 Å². The van der Waals surface area contributed by atoms with Crippen LogP contribution in [0.4, 0.5) is 10.5 Å². The number of urea groups is 1. The summed E-state index contributed by atoms with van der Waals surface area (Å²) in [4.78, 5) is 12.0. The first-order valence-corrected chi connectivity index (χ1v) is 8.23. The molecule has 0 aliphatic carbocycles. The summed E-state index contributed by atoms with van der Waals surface area (Å²) in [6, 6.07) is 12.5. The lowest BCUT2D eigenvalue weighted by atomic mass is 10.2. The standard InChI is InChI=1S/C19H24N2O4/c1-4-24-17-10-9-14(11-18(17)25-5-2)13-20-19(22)21-15-7-6-8-16(12-15)23-3/h6-12H,4-5,13H2,1-3H3,(H2,20,21,22). The molecule has 0 spiro atoms. The highest BCUT2D eigenvalue weighted by Gasteiger charge is 2.08. The van der Waals surface area contributed by atoms with Gasteiger partial charge in [-0.15, -0.1) is 0 Å². The molecule has 0 saturated heterocycles. The lowest BCUT2D eigenvalue weighted by Gasteiger charge is -2.13. The quantitative estimate of drug-likeness (QED) is 0.764. The van der Waals surface area contributed by atoms with Crippen molar-refractivity contribution in [3.8, 4) is 17.2 Å². The number of benzene rings is 2. The van der Waals surface area contributed by atoms with Gasteiger partial charge in [-0.25, -0.2) is 4.79 Å². The van der Waals surface area contributed by atoms with E-state index in [4.69, 9.17) is 14.2 Å². The van der Waals surface area contributed by atoms with E-state index in [-0.39, 0.29) is 6.03 Å². The number of nitrogens with one attached hydrogen (secondary N) is 2. The van der Waals surface area contributed by atoms with Crippen molar-refractivity contribution in [1.29, 1.82) is 0 Å². The Morgan fingerprint density at radius 2 is 1.76 bits per heavy atom. The molecular formula is C19H24N2O4. The van der Waals surface area contributed by atoms with Crippen LogP contribution in [0.15, 0.2) is 42.5 Å². The minimum atomic E-state index is -0.292. The lowest BCUT2D eigenvalue weighted by Crippen LogP contribution is -2.28. The molecule has 2 N–H and O–H groups in total. The second kappa shape index (κ2) is 9.42. The average Bonchev–Trinajstić information content (AvgIpc) is 2.62. The van der Waals surface area contributed by atoms with Gasteiger partial charge in [-0.05, 0) is 43.7 Å². The SMILES string of the molecule is CCOc1ccc(CNC(=O)Nc2cccc(OC)c2)cc1OCC. The number of amides is 2. The van der Waals surface area contributed by atoms with Crippen LogP contribution in [0, 0.1) is 0 Å². The van der Waals surface area contributed by atoms with E-state index in [1.165, 1.54) is 0 Å². The predicted octanol–water partition coefficient (Wildman–Crippen LogP) is 3.81. The molecule has 6 nitrogen and oxygen atoms in total. The smallest absolute Gasteiger partial charge is 0.319 e. The van der Waals surface area contributed by atoms with Crippen molar-refractivity contribution < 1.29 is 19.0 Å². The molecule has 0 aromatic heterocycles. The van der Waals surface area contributed by atoms with Gasteiger partial charge in [-0.1, -0.05) is 12.1 Å². The van der Waals surface area contributed by atoms with Crippen molar-refractivity contribution in [3.05, 3.63) is 48.0 Å². The highest BCUT2D eigenvalue weighted by atomic mass is 16.5. The van der Waals surface area contributed by atoms with Crippen LogP contribution in [-0.4, -0.2) is 26.4 Å². The number of carbonyl (C=O) groups excluding carboxylic acids is 1. The maximum Gasteiger partial charge on any atom is 0.319 e. The van der Waals surface area contributed by atoms with Crippen LogP contribution >= 0.6 is 0 Å². The van der Waals surface area contributed by atoms with E-state index < -0.39 is 0 Å². The molecule has 2 amide bonds. The number of methoxy groups -OCH3 is 1. The summed E-state index contributed by atoms with van der Waals surface area (Å²) in [5.41, 5.74) is 1.59. The van der Waals surface area contributed by atoms with Gasteiger partial charge in [0.1, 0.15) is 5.75 Å². The van der Waals surface area contributed by atoms with Crippen LogP contribution < -0.4 is 24.8 Å². The minimum absolute atomic E-state index is 0.292. The molecule has 25 heavy (non-hydrogen) atoms. The molecule has 0 aliphatic rings. The molecule has 0 fully saturated rings. The molecule has 0 atom stereocenters. The van der Waals surface area contributed by atoms with E-state index in [0.717, 1.165) is 5.56 Å². The third-order valence-electron chi connectivity index (χ3n) is 3.39. The zero-order valence-corrected chi connectivity index (χ0v) is 14.8. The van der Waals surface area contributed by atoms with E-state index in [1.807, 2.05) is 44.2 Å². The summed E-state index contributed by atoms with van der Waals surface area (Å²) in [6.45, 7) is 5.34. The van der Waals surface area contributed by atoms with Crippen molar-refractivity contribution >= 4 is 11.7 Å². The summed E-state index contributed by atoms with van der Waals surface area (Å²) in [7, 11) is 1.58. The van der Waals surface area contributed by atoms with Gasteiger partial charge >= 0.3 is 6.03 Å². The Bertz CT molecular complexity index is 704. The number of carbonyl (C=O) groups is 1. The number of hydrogen-bond donors (Lipinski definition) is 2. The normalized spacial score (nSPS) is 10.0. The predicted molar refractivity (Wildman–Crippen MR) is 97.6 cm³/mol. The number of hydrogen-bond acceptors (Lipinski definition) is 4. The van der Waals surface area contributed by atoms with Crippen LogP contribution in [0.5, 0.6) is 17.2 Å². The number of ether oxygens (including phenoxy) is 3. The van der Waals surface area contributed by atoms with Gasteiger partial charge in [-0.2, -0.15) is 0 Å². The van der Waals surface area contributed by atoms with E-state index >= 15 is 0 Å². The lowest BCUT2D eigenvalue weighted by molar-refractivity contribution is 0.251. The van der Waals surface area contributed by atoms with E-state index in [1.54, 1.807) is 19.2 Å². The topological polar surface area (TPSA) is 68.8 Å². The molecule has 0 radical (unpaired) electrons. The van der Waals surface area contributed by atoms with E-state index in [9.17, 15) is 4.79 Å². The minimum Gasteiger partial charge on any atom is -0.497 e. The molecule has 0 saturated carbocycles. The maximum absolute atomic E-state index is 12.0. The molecule has 0 unspecified atom stereocenters. The van der Waals surface area contributed by atoms with Gasteiger partial charge < -0.3 is 24.8 Å². The van der Waals surface area contributed by atoms with Crippen LogP contribution in [0.2, 0.25) is 0 Å². The van der Waals surface area contributed by atoms with Gasteiger partial charge in [0.2, 0.25) is 0 Å². The highest BCUT2D eigenvalue weighted by Crippen LogP contribution is 2.28. The van der Waals surface area contributed by atoms with Crippen molar-refractivity contribution in [2.75, 3.05) is 25.6 Å². The fourth-order valence-corrected chi connectivity index (χ4v) is 2.26. The highest BCUT2D eigenvalue weighted by molar-refractivity contribution is 5.89. The molecule has 0 aliphatic heterocycles. The number of anilines is 1. The van der Waals surface area contributed by atoms with Gasteiger partial charge in [0, 0.05) is 18.3 Å². The molecule has 6 heteroatoms.